The number of aliphatic hydroxyl groups is 2. The second-order valence-corrected chi connectivity index (χ2v) is 10.0. The lowest BCUT2D eigenvalue weighted by Gasteiger charge is -2.20. The first-order chi connectivity index (χ1) is 17.3. The number of pyridine rings is 1. The monoisotopic (exact) mass is 527 g/mol. The molecule has 11 heteroatoms. The van der Waals surface area contributed by atoms with Gasteiger partial charge in [-0.05, 0) is 24.7 Å². The quantitative estimate of drug-likeness (QED) is 0.306. The third-order valence-corrected chi connectivity index (χ3v) is 7.24. The summed E-state index contributed by atoms with van der Waals surface area (Å²) in [5, 5.41) is 24.0. The number of thiophene rings is 1. The summed E-state index contributed by atoms with van der Waals surface area (Å²) < 4.78 is 2.10. The lowest BCUT2D eigenvalue weighted by Crippen LogP contribution is -2.29. The molecular weight excluding hydrogens is 502 g/mol. The lowest BCUT2D eigenvalue weighted by molar-refractivity contribution is 0.0949. The predicted molar refractivity (Wildman–Crippen MR) is 139 cm³/mol. The van der Waals surface area contributed by atoms with Gasteiger partial charge in [-0.1, -0.05) is 23.7 Å². The van der Waals surface area contributed by atoms with Gasteiger partial charge in [0.25, 0.3) is 5.91 Å². The molecule has 0 aliphatic rings. The maximum absolute atomic E-state index is 13.3. The summed E-state index contributed by atoms with van der Waals surface area (Å²) in [6.45, 7) is 0.676. The molecule has 188 valence electrons. The normalized spacial score (nSPS) is 12.3. The van der Waals surface area contributed by atoms with E-state index in [1.54, 1.807) is 35.9 Å². The first kappa shape index (κ1) is 25.9. The van der Waals surface area contributed by atoms with E-state index >= 15 is 0 Å². The number of aromatic nitrogens is 3. The smallest absolute Gasteiger partial charge is 0.257 e. The van der Waals surface area contributed by atoms with Gasteiger partial charge in [0.05, 0.1) is 28.7 Å². The Labute approximate surface area is 216 Å². The summed E-state index contributed by atoms with van der Waals surface area (Å²) in [5.41, 5.74) is 2.19. The number of rotatable bonds is 9. The summed E-state index contributed by atoms with van der Waals surface area (Å²) in [6, 6.07) is 7.09. The van der Waals surface area contributed by atoms with E-state index in [9.17, 15) is 19.8 Å². The number of aryl methyl sites for hydroxylation is 1. The third kappa shape index (κ3) is 5.63. The van der Waals surface area contributed by atoms with Crippen LogP contribution in [0, 0.1) is 0 Å². The number of fused-ring (bicyclic) bond motifs is 1. The van der Waals surface area contributed by atoms with Gasteiger partial charge in [-0.3, -0.25) is 24.5 Å². The molecule has 1 amide bonds. The number of likely N-dealkylation sites (N-methyl/N-ethyl adjacent to an activating group) is 1. The van der Waals surface area contributed by atoms with Gasteiger partial charge in [-0.25, -0.2) is 0 Å². The molecule has 0 fully saturated rings. The molecule has 0 spiro atoms. The topological polar surface area (TPSA) is 121 Å². The van der Waals surface area contributed by atoms with Crippen LogP contribution in [0.3, 0.4) is 0 Å². The average Bonchev–Trinajstić information content (AvgIpc) is 3.25. The van der Waals surface area contributed by atoms with E-state index in [4.69, 9.17) is 11.6 Å². The first-order valence-electron chi connectivity index (χ1n) is 11.2. The highest BCUT2D eigenvalue weighted by molar-refractivity contribution is 7.19. The lowest BCUT2D eigenvalue weighted by atomic mass is 10.1. The largest absolute Gasteiger partial charge is 0.392 e. The van der Waals surface area contributed by atoms with Crippen molar-refractivity contribution in [1.29, 1.82) is 0 Å². The van der Waals surface area contributed by atoms with Gasteiger partial charge < -0.3 is 20.1 Å². The van der Waals surface area contributed by atoms with E-state index in [0.29, 0.717) is 33.0 Å². The maximum atomic E-state index is 13.3. The third-order valence-electron chi connectivity index (χ3n) is 5.78. The molecule has 0 saturated heterocycles. The van der Waals surface area contributed by atoms with Gasteiger partial charge in [0, 0.05) is 60.7 Å². The van der Waals surface area contributed by atoms with Crippen molar-refractivity contribution in [3.8, 4) is 0 Å². The Morgan fingerprint density at radius 2 is 2.03 bits per heavy atom. The number of hydrogen-bond donors (Lipinski definition) is 3. The van der Waals surface area contributed by atoms with E-state index in [1.807, 2.05) is 11.9 Å². The number of nitrogens with one attached hydrogen (secondary N) is 1. The fourth-order valence-corrected chi connectivity index (χ4v) is 5.49. The van der Waals surface area contributed by atoms with E-state index < -0.39 is 12.0 Å². The summed E-state index contributed by atoms with van der Waals surface area (Å²) in [6.07, 6.45) is 5.24. The van der Waals surface area contributed by atoms with E-state index in [-0.39, 0.29) is 30.7 Å². The van der Waals surface area contributed by atoms with E-state index in [2.05, 4.69) is 15.3 Å². The van der Waals surface area contributed by atoms with Gasteiger partial charge in [0.1, 0.15) is 11.7 Å². The number of hydrogen-bond acceptors (Lipinski definition) is 8. The molecule has 0 aliphatic carbocycles. The average molecular weight is 528 g/mol. The molecule has 36 heavy (non-hydrogen) atoms. The van der Waals surface area contributed by atoms with Crippen LogP contribution in [0.15, 0.2) is 53.8 Å². The number of aliphatic hydroxyl groups excluding tert-OH is 2. The van der Waals surface area contributed by atoms with Crippen LogP contribution >= 0.6 is 22.9 Å². The molecule has 1 atom stereocenters. The molecular formula is C25H26ClN5O4S. The van der Waals surface area contributed by atoms with Crippen molar-refractivity contribution in [1.82, 2.24) is 24.8 Å². The predicted octanol–water partition coefficient (Wildman–Crippen LogP) is 2.63. The maximum Gasteiger partial charge on any atom is 0.257 e. The minimum absolute atomic E-state index is 0.0303. The Morgan fingerprint density at radius 3 is 2.69 bits per heavy atom. The van der Waals surface area contributed by atoms with Crippen molar-refractivity contribution < 1.29 is 15.0 Å². The zero-order valence-electron chi connectivity index (χ0n) is 19.8. The minimum Gasteiger partial charge on any atom is -0.392 e. The summed E-state index contributed by atoms with van der Waals surface area (Å²) in [7, 11) is 3.58. The minimum atomic E-state index is -0.835. The van der Waals surface area contributed by atoms with Crippen molar-refractivity contribution in [3.63, 3.8) is 0 Å². The molecule has 4 rings (SSSR count). The molecule has 0 radical (unpaired) electrons. The highest BCUT2D eigenvalue weighted by Gasteiger charge is 2.22. The van der Waals surface area contributed by atoms with Crippen LogP contribution in [0.4, 0.5) is 0 Å². The number of nitrogens with zero attached hydrogens (tertiary/aromatic N) is 4. The molecule has 3 heterocycles. The van der Waals surface area contributed by atoms with Crippen LogP contribution in [0.5, 0.6) is 0 Å². The highest BCUT2D eigenvalue weighted by atomic mass is 35.5. The molecule has 1 aromatic carbocycles. The number of carbonyl (C=O) groups excluding carboxylic acids is 1. The molecule has 0 saturated carbocycles. The van der Waals surface area contributed by atoms with Gasteiger partial charge in [-0.2, -0.15) is 0 Å². The molecule has 4 aromatic rings. The highest BCUT2D eigenvalue weighted by Crippen LogP contribution is 2.31. The summed E-state index contributed by atoms with van der Waals surface area (Å²) >= 11 is 7.15. The van der Waals surface area contributed by atoms with Crippen LogP contribution in [0.25, 0.3) is 10.2 Å². The Hall–Kier alpha value is -3.15. The zero-order valence-corrected chi connectivity index (χ0v) is 21.4. The summed E-state index contributed by atoms with van der Waals surface area (Å²) in [5.74, 6) is -0.475. The van der Waals surface area contributed by atoms with Gasteiger partial charge >= 0.3 is 0 Å². The standard InChI is InChI=1S/C25H26ClN5O4S/c1-30(12-20(33)19-10-27-7-8-28-19)13-21-18(14-32)22-24(36-21)23(34)17(11-31(22)2)25(35)29-9-15-3-5-16(26)6-4-15/h3-8,10-11,20,32-33H,9,12-14H2,1-2H3,(H,29,35). The summed E-state index contributed by atoms with van der Waals surface area (Å²) in [4.78, 5) is 36.9. The fourth-order valence-electron chi connectivity index (χ4n) is 3.98. The molecule has 3 N–H and O–H groups in total. The van der Waals surface area contributed by atoms with Gasteiger partial charge in [-0.15, -0.1) is 11.3 Å². The molecule has 0 bridgehead atoms. The Bertz CT molecular complexity index is 1420. The first-order valence-corrected chi connectivity index (χ1v) is 12.4. The van der Waals surface area contributed by atoms with Crippen LogP contribution in [-0.4, -0.2) is 49.1 Å². The van der Waals surface area contributed by atoms with E-state index in [0.717, 1.165) is 10.4 Å². The van der Waals surface area contributed by atoms with Crippen LogP contribution < -0.4 is 10.7 Å². The van der Waals surface area contributed by atoms with Gasteiger partial charge in [0.15, 0.2) is 0 Å². The zero-order chi connectivity index (χ0) is 25.8. The number of halogens is 1. The van der Waals surface area contributed by atoms with E-state index in [1.165, 1.54) is 36.1 Å². The van der Waals surface area contributed by atoms with Crippen molar-refractivity contribution in [3.05, 3.63) is 91.6 Å². The number of amides is 1. The van der Waals surface area contributed by atoms with Crippen LogP contribution in [0.2, 0.25) is 5.02 Å². The van der Waals surface area contributed by atoms with Crippen LogP contribution in [-0.2, 0) is 26.7 Å². The SMILES string of the molecule is CN(Cc1sc2c(=O)c(C(=O)NCc3ccc(Cl)cc3)cn(C)c2c1CO)CC(O)c1cnccn1. The Morgan fingerprint density at radius 1 is 1.28 bits per heavy atom. The number of benzene rings is 1. The molecule has 1 unspecified atom stereocenters. The van der Waals surface area contributed by atoms with Crippen LogP contribution in [0.1, 0.15) is 38.2 Å². The Balaban J connectivity index is 1.56. The molecule has 9 nitrogen and oxygen atoms in total. The van der Waals surface area contributed by atoms with Crippen molar-refractivity contribution in [2.24, 2.45) is 7.05 Å². The van der Waals surface area contributed by atoms with Crippen molar-refractivity contribution in [2.75, 3.05) is 13.6 Å². The molecule has 3 aromatic heterocycles. The number of carbonyl (C=O) groups is 1. The van der Waals surface area contributed by atoms with Crippen molar-refractivity contribution >= 4 is 39.1 Å². The Kier molecular flexibility index (Phi) is 8.12. The second-order valence-electron chi connectivity index (χ2n) is 8.47. The molecule has 0 aliphatic heterocycles. The van der Waals surface area contributed by atoms with Gasteiger partial charge in [0.2, 0.25) is 5.43 Å². The fraction of sp³-hybridized carbons (Fsp3) is 0.280. The second kappa shape index (κ2) is 11.3. The van der Waals surface area contributed by atoms with Crippen molar-refractivity contribution in [2.45, 2.75) is 25.8 Å².